The van der Waals surface area contributed by atoms with Gasteiger partial charge in [0.1, 0.15) is 10.9 Å². The van der Waals surface area contributed by atoms with E-state index in [0.717, 1.165) is 17.7 Å². The minimum atomic E-state index is -0.252. The van der Waals surface area contributed by atoms with Crippen LogP contribution in [0.1, 0.15) is 23.1 Å². The van der Waals surface area contributed by atoms with Gasteiger partial charge in [0.2, 0.25) is 0 Å². The van der Waals surface area contributed by atoms with Crippen LogP contribution in [0.15, 0.2) is 12.1 Å². The lowest BCUT2D eigenvalue weighted by molar-refractivity contribution is 0.185. The minimum absolute atomic E-state index is 0.252. The number of nitriles is 1. The number of thiophene rings is 1. The molecule has 0 aliphatic rings. The van der Waals surface area contributed by atoms with Crippen molar-refractivity contribution in [1.29, 1.82) is 5.26 Å². The van der Waals surface area contributed by atoms with Crippen molar-refractivity contribution in [2.45, 2.75) is 25.9 Å². The van der Waals surface area contributed by atoms with Crippen LogP contribution in [0.4, 0.5) is 0 Å². The molecule has 0 saturated heterocycles. The molecule has 1 atom stereocenters. The van der Waals surface area contributed by atoms with Gasteiger partial charge in [-0.1, -0.05) is 0 Å². The Labute approximate surface area is 76.1 Å². The van der Waals surface area contributed by atoms with E-state index in [1.165, 1.54) is 16.2 Å². The first-order chi connectivity index (χ1) is 5.72. The molecule has 12 heavy (non-hydrogen) atoms. The summed E-state index contributed by atoms with van der Waals surface area (Å²) in [6, 6.07) is 5.86. The van der Waals surface area contributed by atoms with Crippen LogP contribution in [0.2, 0.25) is 0 Å². The molecule has 0 fully saturated rings. The van der Waals surface area contributed by atoms with Gasteiger partial charge in [-0.05, 0) is 31.9 Å². The van der Waals surface area contributed by atoms with E-state index in [2.05, 4.69) is 6.07 Å². The Morgan fingerprint density at radius 1 is 1.67 bits per heavy atom. The fourth-order valence-corrected chi connectivity index (χ4v) is 1.74. The molecule has 0 aromatic carbocycles. The van der Waals surface area contributed by atoms with Crippen LogP contribution in [0.5, 0.6) is 0 Å². The fourth-order valence-electron chi connectivity index (χ4n) is 0.924. The van der Waals surface area contributed by atoms with Crippen molar-refractivity contribution in [2.24, 2.45) is 0 Å². The summed E-state index contributed by atoms with van der Waals surface area (Å²) in [6.07, 6.45) is 1.38. The lowest BCUT2D eigenvalue weighted by Crippen LogP contribution is -1.99. The van der Waals surface area contributed by atoms with E-state index in [-0.39, 0.29) is 6.10 Å². The Kier molecular flexibility index (Phi) is 3.27. The Bertz CT molecular complexity index is 285. The second kappa shape index (κ2) is 4.24. The van der Waals surface area contributed by atoms with Crippen molar-refractivity contribution in [3.8, 4) is 6.07 Å². The highest BCUT2D eigenvalue weighted by atomic mass is 32.1. The number of rotatable bonds is 3. The van der Waals surface area contributed by atoms with Gasteiger partial charge in [0.15, 0.2) is 0 Å². The second-order valence-corrected chi connectivity index (χ2v) is 3.93. The monoisotopic (exact) mass is 181 g/mol. The highest BCUT2D eigenvalue weighted by Gasteiger charge is 2.01. The molecule has 1 aromatic rings. The lowest BCUT2D eigenvalue weighted by Gasteiger charge is -2.00. The summed E-state index contributed by atoms with van der Waals surface area (Å²) in [5.41, 5.74) is 0. The number of aryl methyl sites for hydroxylation is 1. The Balaban J connectivity index is 2.48. The molecule has 1 heterocycles. The minimum Gasteiger partial charge on any atom is -0.393 e. The van der Waals surface area contributed by atoms with E-state index in [0.29, 0.717) is 0 Å². The fraction of sp³-hybridized carbons (Fsp3) is 0.444. The highest BCUT2D eigenvalue weighted by molar-refractivity contribution is 7.12. The van der Waals surface area contributed by atoms with Gasteiger partial charge < -0.3 is 5.11 Å². The average Bonchev–Trinajstić information content (AvgIpc) is 2.48. The van der Waals surface area contributed by atoms with E-state index < -0.39 is 0 Å². The number of aliphatic hydroxyl groups is 1. The number of hydrogen-bond acceptors (Lipinski definition) is 3. The molecule has 0 aliphatic heterocycles. The molecule has 64 valence electrons. The van der Waals surface area contributed by atoms with Crippen molar-refractivity contribution < 1.29 is 5.11 Å². The van der Waals surface area contributed by atoms with Gasteiger partial charge in [-0.15, -0.1) is 11.3 Å². The van der Waals surface area contributed by atoms with Gasteiger partial charge in [-0.25, -0.2) is 0 Å². The first-order valence-corrected chi connectivity index (χ1v) is 4.71. The van der Waals surface area contributed by atoms with Crippen LogP contribution >= 0.6 is 11.3 Å². The van der Waals surface area contributed by atoms with Gasteiger partial charge in [0, 0.05) is 4.88 Å². The SMILES string of the molecule is CC(O)CCc1ccc(C#N)s1. The van der Waals surface area contributed by atoms with Crippen LogP contribution in [0, 0.1) is 11.3 Å². The summed E-state index contributed by atoms with van der Waals surface area (Å²) >= 11 is 1.50. The van der Waals surface area contributed by atoms with Gasteiger partial charge in [-0.2, -0.15) is 5.26 Å². The molecule has 0 bridgehead atoms. The van der Waals surface area contributed by atoms with Gasteiger partial charge >= 0.3 is 0 Å². The van der Waals surface area contributed by atoms with Crippen molar-refractivity contribution >= 4 is 11.3 Å². The maximum Gasteiger partial charge on any atom is 0.110 e. The van der Waals surface area contributed by atoms with Crippen LogP contribution < -0.4 is 0 Å². The lowest BCUT2D eigenvalue weighted by atomic mass is 10.2. The standard InChI is InChI=1S/C9H11NOS/c1-7(11)2-3-8-4-5-9(6-10)12-8/h4-5,7,11H,2-3H2,1H3. The molecule has 0 amide bonds. The number of aliphatic hydroxyl groups excluding tert-OH is 1. The summed E-state index contributed by atoms with van der Waals surface area (Å²) in [5.74, 6) is 0. The molecular formula is C9H11NOS. The zero-order chi connectivity index (χ0) is 8.97. The van der Waals surface area contributed by atoms with E-state index in [1.807, 2.05) is 12.1 Å². The summed E-state index contributed by atoms with van der Waals surface area (Å²) in [5, 5.41) is 17.6. The Hall–Kier alpha value is -0.850. The van der Waals surface area contributed by atoms with Gasteiger partial charge in [0.25, 0.3) is 0 Å². The van der Waals surface area contributed by atoms with Crippen LogP contribution in [-0.4, -0.2) is 11.2 Å². The van der Waals surface area contributed by atoms with Crippen molar-refractivity contribution in [3.05, 3.63) is 21.9 Å². The molecule has 0 spiro atoms. The van der Waals surface area contributed by atoms with Crippen molar-refractivity contribution in [3.63, 3.8) is 0 Å². The largest absolute Gasteiger partial charge is 0.393 e. The third-order valence-corrected chi connectivity index (χ3v) is 2.63. The van der Waals surface area contributed by atoms with Crippen LogP contribution in [0.25, 0.3) is 0 Å². The number of nitrogens with zero attached hydrogens (tertiary/aromatic N) is 1. The Morgan fingerprint density at radius 3 is 2.92 bits per heavy atom. The zero-order valence-electron chi connectivity index (χ0n) is 6.95. The highest BCUT2D eigenvalue weighted by Crippen LogP contribution is 2.17. The first-order valence-electron chi connectivity index (χ1n) is 3.89. The first kappa shape index (κ1) is 9.24. The molecule has 3 heteroatoms. The molecule has 0 aliphatic carbocycles. The molecular weight excluding hydrogens is 170 g/mol. The summed E-state index contributed by atoms with van der Waals surface area (Å²) in [4.78, 5) is 1.92. The van der Waals surface area contributed by atoms with E-state index in [1.54, 1.807) is 6.92 Å². The quantitative estimate of drug-likeness (QED) is 0.774. The molecule has 1 unspecified atom stereocenters. The van der Waals surface area contributed by atoms with E-state index in [9.17, 15) is 0 Å². The normalized spacial score (nSPS) is 12.4. The second-order valence-electron chi connectivity index (χ2n) is 2.77. The molecule has 1 N–H and O–H groups in total. The molecule has 1 rings (SSSR count). The average molecular weight is 181 g/mol. The molecule has 0 radical (unpaired) electrons. The summed E-state index contributed by atoms with van der Waals surface area (Å²) in [6.45, 7) is 1.78. The van der Waals surface area contributed by atoms with Crippen LogP contribution in [0.3, 0.4) is 0 Å². The van der Waals surface area contributed by atoms with Gasteiger partial charge in [-0.3, -0.25) is 0 Å². The molecule has 2 nitrogen and oxygen atoms in total. The van der Waals surface area contributed by atoms with Crippen LogP contribution in [-0.2, 0) is 6.42 Å². The Morgan fingerprint density at radius 2 is 2.42 bits per heavy atom. The maximum atomic E-state index is 9.02. The maximum absolute atomic E-state index is 9.02. The smallest absolute Gasteiger partial charge is 0.110 e. The topological polar surface area (TPSA) is 44.0 Å². The predicted molar refractivity (Wildman–Crippen MR) is 49.0 cm³/mol. The van der Waals surface area contributed by atoms with Crippen molar-refractivity contribution in [2.75, 3.05) is 0 Å². The van der Waals surface area contributed by atoms with Gasteiger partial charge in [0.05, 0.1) is 6.10 Å². The predicted octanol–water partition coefficient (Wildman–Crippen LogP) is 1.93. The summed E-state index contributed by atoms with van der Waals surface area (Å²) < 4.78 is 0. The number of hydrogen-bond donors (Lipinski definition) is 1. The molecule has 0 saturated carbocycles. The third-order valence-electron chi connectivity index (χ3n) is 1.58. The zero-order valence-corrected chi connectivity index (χ0v) is 7.77. The third kappa shape index (κ3) is 2.65. The molecule has 1 aromatic heterocycles. The van der Waals surface area contributed by atoms with E-state index in [4.69, 9.17) is 10.4 Å². The summed E-state index contributed by atoms with van der Waals surface area (Å²) in [7, 11) is 0. The van der Waals surface area contributed by atoms with E-state index >= 15 is 0 Å². The van der Waals surface area contributed by atoms with Crippen molar-refractivity contribution in [1.82, 2.24) is 0 Å².